The molecule has 0 saturated heterocycles. The second kappa shape index (κ2) is 9.96. The summed E-state index contributed by atoms with van der Waals surface area (Å²) in [6, 6.07) is 15.7. The SMILES string of the molecule is CC(C)(C#N)CCCCCc1ccc(OC(=O)c2ccccc2)c(N2C=C(O)NS2(=O)=O)c1. The topological polar surface area (TPSA) is 120 Å². The number of carbonyl (C=O) groups excluding carboxylic acids is 1. The Labute approximate surface area is 194 Å². The third kappa shape index (κ3) is 6.26. The van der Waals surface area contributed by atoms with E-state index in [1.54, 1.807) is 48.5 Å². The molecule has 0 radical (unpaired) electrons. The molecule has 3 rings (SSSR count). The monoisotopic (exact) mass is 469 g/mol. The third-order valence-corrected chi connectivity index (χ3v) is 6.56. The second-order valence-corrected chi connectivity index (χ2v) is 10.1. The summed E-state index contributed by atoms with van der Waals surface area (Å²) in [5.41, 5.74) is 0.967. The van der Waals surface area contributed by atoms with Gasteiger partial charge in [0, 0.05) is 0 Å². The zero-order valence-corrected chi connectivity index (χ0v) is 19.4. The minimum absolute atomic E-state index is 0.0553. The molecule has 0 spiro atoms. The van der Waals surface area contributed by atoms with Crippen molar-refractivity contribution in [3.63, 3.8) is 0 Å². The average molecular weight is 470 g/mol. The van der Waals surface area contributed by atoms with Gasteiger partial charge in [0.2, 0.25) is 5.88 Å². The molecule has 9 heteroatoms. The molecule has 0 atom stereocenters. The van der Waals surface area contributed by atoms with Gasteiger partial charge in [0.15, 0.2) is 5.75 Å². The number of aliphatic hydroxyl groups excluding tert-OH is 1. The highest BCUT2D eigenvalue weighted by atomic mass is 32.2. The van der Waals surface area contributed by atoms with Crippen molar-refractivity contribution in [3.05, 3.63) is 71.7 Å². The summed E-state index contributed by atoms with van der Waals surface area (Å²) in [5.74, 6) is -1.09. The molecule has 0 saturated carbocycles. The van der Waals surface area contributed by atoms with Crippen molar-refractivity contribution in [2.24, 2.45) is 5.41 Å². The van der Waals surface area contributed by atoms with Gasteiger partial charge < -0.3 is 9.84 Å². The van der Waals surface area contributed by atoms with E-state index in [4.69, 9.17) is 10.00 Å². The maximum absolute atomic E-state index is 12.5. The number of benzene rings is 2. The fraction of sp³-hybridized carbons (Fsp3) is 0.333. The second-order valence-electron chi connectivity index (χ2n) is 8.53. The molecule has 8 nitrogen and oxygen atoms in total. The Morgan fingerprint density at radius 2 is 1.88 bits per heavy atom. The van der Waals surface area contributed by atoms with Gasteiger partial charge in [-0.05, 0) is 62.9 Å². The predicted molar refractivity (Wildman–Crippen MR) is 125 cm³/mol. The zero-order chi connectivity index (χ0) is 24.1. The van der Waals surface area contributed by atoms with Crippen molar-refractivity contribution in [1.29, 1.82) is 5.26 Å². The highest BCUT2D eigenvalue weighted by Gasteiger charge is 2.31. The smallest absolute Gasteiger partial charge is 0.343 e. The van der Waals surface area contributed by atoms with Crippen LogP contribution in [0.2, 0.25) is 0 Å². The van der Waals surface area contributed by atoms with E-state index in [-0.39, 0.29) is 16.9 Å². The van der Waals surface area contributed by atoms with Crippen LogP contribution in [0.1, 0.15) is 55.5 Å². The molecule has 0 amide bonds. The molecule has 0 fully saturated rings. The highest BCUT2D eigenvalue weighted by Crippen LogP contribution is 2.35. The van der Waals surface area contributed by atoms with Crippen molar-refractivity contribution in [3.8, 4) is 11.8 Å². The van der Waals surface area contributed by atoms with E-state index >= 15 is 0 Å². The van der Waals surface area contributed by atoms with Gasteiger partial charge >= 0.3 is 16.2 Å². The number of ether oxygens (including phenoxy) is 1. The summed E-state index contributed by atoms with van der Waals surface area (Å²) < 4.78 is 33.3. The first-order chi connectivity index (χ1) is 15.6. The Morgan fingerprint density at radius 1 is 1.15 bits per heavy atom. The van der Waals surface area contributed by atoms with Crippen molar-refractivity contribution >= 4 is 21.9 Å². The van der Waals surface area contributed by atoms with Crippen molar-refractivity contribution in [1.82, 2.24) is 4.72 Å². The lowest BCUT2D eigenvalue weighted by molar-refractivity contribution is 0.0735. The summed E-state index contributed by atoms with van der Waals surface area (Å²) >= 11 is 0. The van der Waals surface area contributed by atoms with Crippen LogP contribution in [0.25, 0.3) is 0 Å². The largest absolute Gasteiger partial charge is 0.493 e. The number of aryl methyl sites for hydroxylation is 1. The van der Waals surface area contributed by atoms with Gasteiger partial charge in [-0.25, -0.2) is 13.8 Å². The molecule has 1 aliphatic rings. The Kier molecular flexibility index (Phi) is 7.29. The molecule has 1 aliphatic heterocycles. The van der Waals surface area contributed by atoms with Gasteiger partial charge in [0.05, 0.1) is 23.2 Å². The van der Waals surface area contributed by atoms with Gasteiger partial charge in [-0.1, -0.05) is 37.1 Å². The maximum atomic E-state index is 12.5. The molecule has 174 valence electrons. The van der Waals surface area contributed by atoms with Crippen LogP contribution < -0.4 is 13.8 Å². The number of nitrogens with one attached hydrogen (secondary N) is 1. The molecule has 2 aromatic carbocycles. The van der Waals surface area contributed by atoms with Crippen LogP contribution in [0, 0.1) is 16.7 Å². The zero-order valence-electron chi connectivity index (χ0n) is 18.6. The summed E-state index contributed by atoms with van der Waals surface area (Å²) in [4.78, 5) is 12.5. The number of nitrogens with zero attached hydrogens (tertiary/aromatic N) is 2. The molecule has 2 aromatic rings. The molecule has 33 heavy (non-hydrogen) atoms. The van der Waals surface area contributed by atoms with E-state index in [2.05, 4.69) is 6.07 Å². The number of nitriles is 1. The minimum atomic E-state index is -4.06. The molecule has 1 heterocycles. The molecule has 0 unspecified atom stereocenters. The van der Waals surface area contributed by atoms with Crippen LogP contribution in [-0.4, -0.2) is 19.5 Å². The quantitative estimate of drug-likeness (QED) is 0.315. The van der Waals surface area contributed by atoms with Gasteiger partial charge in [-0.15, -0.1) is 0 Å². The Morgan fingerprint density at radius 3 is 2.52 bits per heavy atom. The Balaban J connectivity index is 1.79. The third-order valence-electron chi connectivity index (χ3n) is 5.27. The summed E-state index contributed by atoms with van der Waals surface area (Å²) in [6.45, 7) is 3.84. The first kappa shape index (κ1) is 24.1. The molecule has 0 bridgehead atoms. The van der Waals surface area contributed by atoms with Crippen LogP contribution in [0.5, 0.6) is 5.75 Å². The molecule has 0 aliphatic carbocycles. The number of carbonyl (C=O) groups is 1. The Bertz CT molecular complexity index is 1180. The molecule has 2 N–H and O–H groups in total. The number of esters is 1. The van der Waals surface area contributed by atoms with Crippen molar-refractivity contribution < 1.29 is 23.1 Å². The standard InChI is InChI=1S/C24H27N3O5S/c1-24(2,17-25)14-8-4-5-9-18-12-13-21(32-23(29)19-10-6-3-7-11-19)20(15-18)27-16-22(28)26-33(27,30)31/h3,6-7,10-13,15-16,26,28H,4-5,8-9,14H2,1-2H3. The van der Waals surface area contributed by atoms with Gasteiger partial charge in [0.1, 0.15) is 5.69 Å². The lowest BCUT2D eigenvalue weighted by atomic mass is 9.88. The lowest BCUT2D eigenvalue weighted by Gasteiger charge is -2.19. The van der Waals surface area contributed by atoms with Crippen LogP contribution in [-0.2, 0) is 16.6 Å². The lowest BCUT2D eigenvalue weighted by Crippen LogP contribution is -2.30. The van der Waals surface area contributed by atoms with E-state index in [0.717, 1.165) is 41.8 Å². The van der Waals surface area contributed by atoms with E-state index in [1.807, 2.05) is 18.6 Å². The minimum Gasteiger partial charge on any atom is -0.493 e. The van der Waals surface area contributed by atoms with Crippen LogP contribution in [0.15, 0.2) is 60.6 Å². The average Bonchev–Trinajstić information content (AvgIpc) is 3.06. The normalized spacial score (nSPS) is 14.8. The number of rotatable bonds is 9. The van der Waals surface area contributed by atoms with Crippen molar-refractivity contribution in [2.45, 2.75) is 46.0 Å². The van der Waals surface area contributed by atoms with Crippen LogP contribution in [0.3, 0.4) is 0 Å². The summed E-state index contributed by atoms with van der Waals surface area (Å²) in [5, 5.41) is 18.8. The molecular formula is C24H27N3O5S. The number of anilines is 1. The summed E-state index contributed by atoms with van der Waals surface area (Å²) in [6.07, 6.45) is 5.22. The fourth-order valence-electron chi connectivity index (χ4n) is 3.43. The number of hydrogen-bond acceptors (Lipinski definition) is 6. The van der Waals surface area contributed by atoms with E-state index in [1.165, 1.54) is 0 Å². The first-order valence-electron chi connectivity index (χ1n) is 10.7. The van der Waals surface area contributed by atoms with Gasteiger partial charge in [0.25, 0.3) is 0 Å². The van der Waals surface area contributed by atoms with Gasteiger partial charge in [-0.2, -0.15) is 13.7 Å². The number of aliphatic hydroxyl groups is 1. The van der Waals surface area contributed by atoms with Crippen LogP contribution >= 0.6 is 0 Å². The van der Waals surface area contributed by atoms with E-state index in [9.17, 15) is 18.3 Å². The molecular weight excluding hydrogens is 442 g/mol. The van der Waals surface area contributed by atoms with Gasteiger partial charge in [-0.3, -0.25) is 0 Å². The number of unbranched alkanes of at least 4 members (excludes halogenated alkanes) is 2. The van der Waals surface area contributed by atoms with E-state index in [0.29, 0.717) is 12.0 Å². The maximum Gasteiger partial charge on any atom is 0.343 e. The predicted octanol–water partition coefficient (Wildman–Crippen LogP) is 4.57. The fourth-order valence-corrected chi connectivity index (χ4v) is 4.48. The van der Waals surface area contributed by atoms with Crippen LogP contribution in [0.4, 0.5) is 5.69 Å². The van der Waals surface area contributed by atoms with E-state index < -0.39 is 22.1 Å². The molecule has 0 aromatic heterocycles. The summed E-state index contributed by atoms with van der Waals surface area (Å²) in [7, 11) is -4.06. The highest BCUT2D eigenvalue weighted by molar-refractivity contribution is 7.91. The van der Waals surface area contributed by atoms with Crippen molar-refractivity contribution in [2.75, 3.05) is 4.31 Å². The first-order valence-corrected chi connectivity index (χ1v) is 12.1. The number of hydrogen-bond donors (Lipinski definition) is 2. The Hall–Kier alpha value is -3.51.